The summed E-state index contributed by atoms with van der Waals surface area (Å²) in [6.45, 7) is 6.93. The largest absolute Gasteiger partial charge is 0.465 e. The number of unbranched alkanes of at least 4 members (excludes halogenated alkanes) is 1. The summed E-state index contributed by atoms with van der Waals surface area (Å²) in [5, 5.41) is 17.7. The number of carbonyl (C=O) groups is 1. The molecule has 1 saturated heterocycles. The molecule has 1 fully saturated rings. The van der Waals surface area contributed by atoms with Crippen molar-refractivity contribution in [1.29, 1.82) is 0 Å². The second-order valence-corrected chi connectivity index (χ2v) is 5.20. The Morgan fingerprint density at radius 2 is 2.00 bits per heavy atom. The Labute approximate surface area is 121 Å². The number of likely N-dealkylation sites (tertiary alicyclic amines) is 1. The third kappa shape index (κ3) is 6.54. The predicted octanol–water partition coefficient (Wildman–Crippen LogP) is 1.24. The van der Waals surface area contributed by atoms with Crippen LogP contribution >= 0.6 is 0 Å². The monoisotopic (exact) mass is 288 g/mol. The molecule has 1 aliphatic heterocycles. The van der Waals surface area contributed by atoms with Gasteiger partial charge in [-0.05, 0) is 38.8 Å². The maximum atomic E-state index is 10.8. The van der Waals surface area contributed by atoms with Crippen molar-refractivity contribution in [1.82, 2.24) is 9.80 Å². The number of nitrogens with zero attached hydrogens (tertiary/aromatic N) is 2. The quantitative estimate of drug-likeness (QED) is 0.625. The van der Waals surface area contributed by atoms with E-state index in [0.29, 0.717) is 13.1 Å². The molecule has 0 saturated carbocycles. The van der Waals surface area contributed by atoms with E-state index in [1.807, 2.05) is 0 Å². The van der Waals surface area contributed by atoms with Gasteiger partial charge in [-0.2, -0.15) is 0 Å². The van der Waals surface area contributed by atoms with Crippen molar-refractivity contribution >= 4 is 6.09 Å². The van der Waals surface area contributed by atoms with Crippen molar-refractivity contribution in [3.05, 3.63) is 0 Å². The number of aliphatic hydroxyl groups excluding tert-OH is 1. The summed E-state index contributed by atoms with van der Waals surface area (Å²) in [4.78, 5) is 14.4. The van der Waals surface area contributed by atoms with Gasteiger partial charge in [-0.3, -0.25) is 0 Å². The highest BCUT2D eigenvalue weighted by atomic mass is 16.5. The zero-order valence-electron chi connectivity index (χ0n) is 12.5. The van der Waals surface area contributed by atoms with Gasteiger partial charge >= 0.3 is 6.09 Å². The molecule has 6 nitrogen and oxygen atoms in total. The minimum Gasteiger partial charge on any atom is -0.465 e. The molecular formula is C14H28N2O4. The number of hydrogen-bond donors (Lipinski definition) is 2. The number of aliphatic hydroxyl groups is 1. The van der Waals surface area contributed by atoms with Crippen LogP contribution in [0.5, 0.6) is 0 Å². The van der Waals surface area contributed by atoms with Crippen LogP contribution in [0.4, 0.5) is 4.79 Å². The summed E-state index contributed by atoms with van der Waals surface area (Å²) in [5.41, 5.74) is 0. The fraction of sp³-hybridized carbons (Fsp3) is 0.929. The first-order chi connectivity index (χ1) is 9.67. The van der Waals surface area contributed by atoms with Crippen LogP contribution in [0.3, 0.4) is 0 Å². The van der Waals surface area contributed by atoms with Gasteiger partial charge in [-0.15, -0.1) is 0 Å². The molecule has 0 radical (unpaired) electrons. The lowest BCUT2D eigenvalue weighted by molar-refractivity contribution is 0.00794. The van der Waals surface area contributed by atoms with Crippen LogP contribution in [-0.2, 0) is 4.74 Å². The van der Waals surface area contributed by atoms with Gasteiger partial charge in [0.15, 0.2) is 0 Å². The summed E-state index contributed by atoms with van der Waals surface area (Å²) < 4.78 is 5.80. The molecule has 0 aromatic heterocycles. The minimum absolute atomic E-state index is 0.213. The van der Waals surface area contributed by atoms with E-state index in [2.05, 4.69) is 11.8 Å². The lowest BCUT2D eigenvalue weighted by atomic mass is 10.1. The van der Waals surface area contributed by atoms with E-state index >= 15 is 0 Å². The molecule has 1 rings (SSSR count). The van der Waals surface area contributed by atoms with Crippen molar-refractivity contribution in [2.24, 2.45) is 0 Å². The van der Waals surface area contributed by atoms with E-state index < -0.39 is 6.09 Å². The summed E-state index contributed by atoms with van der Waals surface area (Å²) in [5.74, 6) is 0. The van der Waals surface area contributed by atoms with Gasteiger partial charge in [0, 0.05) is 26.2 Å². The zero-order chi connectivity index (χ0) is 14.8. The Bertz CT molecular complexity index is 268. The smallest absolute Gasteiger partial charge is 0.407 e. The highest BCUT2D eigenvalue weighted by molar-refractivity contribution is 5.64. The van der Waals surface area contributed by atoms with Gasteiger partial charge < -0.3 is 24.7 Å². The van der Waals surface area contributed by atoms with E-state index in [4.69, 9.17) is 14.9 Å². The summed E-state index contributed by atoms with van der Waals surface area (Å²) >= 11 is 0. The molecule has 0 spiro atoms. The maximum absolute atomic E-state index is 10.8. The van der Waals surface area contributed by atoms with Gasteiger partial charge in [0.25, 0.3) is 0 Å². The average Bonchev–Trinajstić information content (AvgIpc) is 2.46. The molecule has 20 heavy (non-hydrogen) atoms. The normalized spacial score (nSPS) is 16.9. The molecule has 0 unspecified atom stereocenters. The summed E-state index contributed by atoms with van der Waals surface area (Å²) in [7, 11) is 0. The number of carboxylic acid groups (broad SMARTS) is 1. The first-order valence-corrected chi connectivity index (χ1v) is 7.60. The van der Waals surface area contributed by atoms with Gasteiger partial charge in [0.2, 0.25) is 0 Å². The van der Waals surface area contributed by atoms with Crippen molar-refractivity contribution in [3.63, 3.8) is 0 Å². The molecule has 0 aromatic rings. The molecule has 2 N–H and O–H groups in total. The number of ether oxygens (including phenoxy) is 1. The van der Waals surface area contributed by atoms with E-state index in [1.165, 1.54) is 4.90 Å². The maximum Gasteiger partial charge on any atom is 0.407 e. The van der Waals surface area contributed by atoms with E-state index in [-0.39, 0.29) is 12.7 Å². The lowest BCUT2D eigenvalue weighted by Gasteiger charge is -2.30. The van der Waals surface area contributed by atoms with Crippen LogP contribution in [0.2, 0.25) is 0 Å². The number of amides is 1. The first-order valence-electron chi connectivity index (χ1n) is 7.60. The molecule has 0 atom stereocenters. The number of likely N-dealkylation sites (N-methyl/N-ethyl adjacent to an activating group) is 1. The standard InChI is InChI=1S/C14H28N2O4/c1-2-15(10-11-17)7-3-4-12-20-13-5-8-16(9-6-13)14(18)19/h13,17H,2-12H2,1H3,(H,18,19). The predicted molar refractivity (Wildman–Crippen MR) is 77.0 cm³/mol. The van der Waals surface area contributed by atoms with Gasteiger partial charge in [0.05, 0.1) is 12.7 Å². The topological polar surface area (TPSA) is 73.2 Å². The molecule has 0 aromatic carbocycles. The van der Waals surface area contributed by atoms with Crippen LogP contribution in [-0.4, -0.2) is 78.1 Å². The first kappa shape index (κ1) is 17.2. The van der Waals surface area contributed by atoms with Crippen LogP contribution < -0.4 is 0 Å². The average molecular weight is 288 g/mol. The summed E-state index contributed by atoms with van der Waals surface area (Å²) in [6.07, 6.45) is 3.08. The van der Waals surface area contributed by atoms with Crippen molar-refractivity contribution in [3.8, 4) is 0 Å². The second kappa shape index (κ2) is 9.96. The van der Waals surface area contributed by atoms with Gasteiger partial charge in [0.1, 0.15) is 0 Å². The Balaban J connectivity index is 2.01. The van der Waals surface area contributed by atoms with Crippen LogP contribution in [0.25, 0.3) is 0 Å². The molecule has 118 valence electrons. The number of rotatable bonds is 9. The molecule has 1 heterocycles. The van der Waals surface area contributed by atoms with E-state index in [1.54, 1.807) is 0 Å². The second-order valence-electron chi connectivity index (χ2n) is 5.20. The molecule has 0 aliphatic carbocycles. The lowest BCUT2D eigenvalue weighted by Crippen LogP contribution is -2.40. The molecule has 1 aliphatic rings. The third-order valence-corrected chi connectivity index (χ3v) is 3.80. The highest BCUT2D eigenvalue weighted by Gasteiger charge is 2.22. The van der Waals surface area contributed by atoms with E-state index in [0.717, 1.165) is 51.9 Å². The Hall–Kier alpha value is -0.850. The highest BCUT2D eigenvalue weighted by Crippen LogP contribution is 2.14. The summed E-state index contributed by atoms with van der Waals surface area (Å²) in [6, 6.07) is 0. The Morgan fingerprint density at radius 3 is 2.55 bits per heavy atom. The fourth-order valence-electron chi connectivity index (χ4n) is 2.47. The van der Waals surface area contributed by atoms with Gasteiger partial charge in [-0.25, -0.2) is 4.79 Å². The fourth-order valence-corrected chi connectivity index (χ4v) is 2.47. The van der Waals surface area contributed by atoms with Crippen molar-refractivity contribution in [2.75, 3.05) is 45.9 Å². The SMILES string of the molecule is CCN(CCO)CCCCOC1CCN(C(=O)O)CC1. The molecular weight excluding hydrogens is 260 g/mol. The van der Waals surface area contributed by atoms with Gasteiger partial charge in [-0.1, -0.05) is 6.92 Å². The molecule has 1 amide bonds. The molecule has 6 heteroatoms. The Kier molecular flexibility index (Phi) is 8.57. The van der Waals surface area contributed by atoms with Crippen molar-refractivity contribution in [2.45, 2.75) is 38.7 Å². The third-order valence-electron chi connectivity index (χ3n) is 3.80. The van der Waals surface area contributed by atoms with Crippen molar-refractivity contribution < 1.29 is 19.7 Å². The number of piperidine rings is 1. The van der Waals surface area contributed by atoms with E-state index in [9.17, 15) is 4.79 Å². The van der Waals surface area contributed by atoms with Crippen LogP contribution in [0.1, 0.15) is 32.6 Å². The van der Waals surface area contributed by atoms with Crippen LogP contribution in [0.15, 0.2) is 0 Å². The van der Waals surface area contributed by atoms with Crippen LogP contribution in [0, 0.1) is 0 Å². The molecule has 0 bridgehead atoms. The Morgan fingerprint density at radius 1 is 1.30 bits per heavy atom. The zero-order valence-corrected chi connectivity index (χ0v) is 12.5. The minimum atomic E-state index is -0.827. The number of hydrogen-bond acceptors (Lipinski definition) is 4.